The van der Waals surface area contributed by atoms with Gasteiger partial charge < -0.3 is 5.73 Å². The van der Waals surface area contributed by atoms with Crippen LogP contribution in [-0.2, 0) is 6.42 Å². The average molecular weight is 207 g/mol. The lowest BCUT2D eigenvalue weighted by atomic mass is 9.76. The van der Waals surface area contributed by atoms with E-state index in [2.05, 4.69) is 13.0 Å². The zero-order valence-electron chi connectivity index (χ0n) is 9.17. The highest BCUT2D eigenvalue weighted by Crippen LogP contribution is 2.37. The van der Waals surface area contributed by atoms with Crippen molar-refractivity contribution in [3.05, 3.63) is 35.1 Å². The summed E-state index contributed by atoms with van der Waals surface area (Å²) in [6, 6.07) is 5.44. The SMILES string of the molecule is CC1Cc2c(F)cccc2C(CCN)C1. The first-order chi connectivity index (χ1) is 7.22. The van der Waals surface area contributed by atoms with Crippen LogP contribution in [0.1, 0.15) is 36.8 Å². The summed E-state index contributed by atoms with van der Waals surface area (Å²) in [5, 5.41) is 0. The molecule has 0 aromatic heterocycles. The van der Waals surface area contributed by atoms with Gasteiger partial charge in [0.05, 0.1) is 0 Å². The van der Waals surface area contributed by atoms with E-state index in [1.807, 2.05) is 6.07 Å². The standard InChI is InChI=1S/C13H18FN/c1-9-7-10(5-6-15)11-3-2-4-13(14)12(11)8-9/h2-4,9-10H,5-8,15H2,1H3. The zero-order chi connectivity index (χ0) is 10.8. The topological polar surface area (TPSA) is 26.0 Å². The summed E-state index contributed by atoms with van der Waals surface area (Å²) in [6.45, 7) is 2.88. The summed E-state index contributed by atoms with van der Waals surface area (Å²) >= 11 is 0. The minimum atomic E-state index is -0.0407. The van der Waals surface area contributed by atoms with Crippen molar-refractivity contribution >= 4 is 0 Å². The molecule has 0 fully saturated rings. The third kappa shape index (κ3) is 2.05. The van der Waals surface area contributed by atoms with E-state index < -0.39 is 0 Å². The maximum absolute atomic E-state index is 13.6. The van der Waals surface area contributed by atoms with Gasteiger partial charge in [0.1, 0.15) is 5.82 Å². The summed E-state index contributed by atoms with van der Waals surface area (Å²) in [6.07, 6.45) is 3.00. The van der Waals surface area contributed by atoms with Crippen LogP contribution in [0.4, 0.5) is 4.39 Å². The van der Waals surface area contributed by atoms with Crippen molar-refractivity contribution in [2.75, 3.05) is 6.54 Å². The van der Waals surface area contributed by atoms with Crippen LogP contribution >= 0.6 is 0 Å². The highest BCUT2D eigenvalue weighted by Gasteiger charge is 2.25. The van der Waals surface area contributed by atoms with Crippen LogP contribution in [0.3, 0.4) is 0 Å². The second kappa shape index (κ2) is 4.31. The predicted octanol–water partition coefficient (Wildman–Crippen LogP) is 2.84. The largest absolute Gasteiger partial charge is 0.330 e. The molecular weight excluding hydrogens is 189 g/mol. The first-order valence-electron chi connectivity index (χ1n) is 5.69. The number of halogens is 1. The number of fused-ring (bicyclic) bond motifs is 1. The van der Waals surface area contributed by atoms with Crippen molar-refractivity contribution in [3.63, 3.8) is 0 Å². The zero-order valence-corrected chi connectivity index (χ0v) is 9.17. The molecule has 0 amide bonds. The van der Waals surface area contributed by atoms with Gasteiger partial charge >= 0.3 is 0 Å². The Bertz CT molecular complexity index is 348. The summed E-state index contributed by atoms with van der Waals surface area (Å²) < 4.78 is 13.6. The van der Waals surface area contributed by atoms with E-state index in [1.54, 1.807) is 6.07 Å². The molecule has 1 nitrogen and oxygen atoms in total. The van der Waals surface area contributed by atoms with Gasteiger partial charge in [-0.1, -0.05) is 19.1 Å². The third-order valence-corrected chi connectivity index (χ3v) is 3.35. The quantitative estimate of drug-likeness (QED) is 0.793. The van der Waals surface area contributed by atoms with Crippen molar-refractivity contribution in [1.29, 1.82) is 0 Å². The number of nitrogens with two attached hydrogens (primary N) is 1. The molecule has 2 heteroatoms. The molecule has 2 unspecified atom stereocenters. The Labute approximate surface area is 90.5 Å². The maximum atomic E-state index is 13.6. The van der Waals surface area contributed by atoms with E-state index in [1.165, 1.54) is 5.56 Å². The molecule has 1 aliphatic rings. The van der Waals surface area contributed by atoms with Gasteiger partial charge in [-0.3, -0.25) is 0 Å². The Hall–Kier alpha value is -0.890. The molecule has 2 N–H and O–H groups in total. The lowest BCUT2D eigenvalue weighted by Crippen LogP contribution is -2.20. The smallest absolute Gasteiger partial charge is 0.126 e. The van der Waals surface area contributed by atoms with Crippen LogP contribution in [-0.4, -0.2) is 6.54 Å². The van der Waals surface area contributed by atoms with Crippen LogP contribution < -0.4 is 5.73 Å². The van der Waals surface area contributed by atoms with Gasteiger partial charge in [-0.25, -0.2) is 4.39 Å². The molecular formula is C13H18FN. The van der Waals surface area contributed by atoms with Crippen LogP contribution in [0.5, 0.6) is 0 Å². The highest BCUT2D eigenvalue weighted by atomic mass is 19.1. The van der Waals surface area contributed by atoms with Gasteiger partial charge in [-0.15, -0.1) is 0 Å². The molecule has 1 aromatic carbocycles. The highest BCUT2D eigenvalue weighted by molar-refractivity contribution is 5.34. The van der Waals surface area contributed by atoms with Crippen molar-refractivity contribution in [1.82, 2.24) is 0 Å². The fraction of sp³-hybridized carbons (Fsp3) is 0.538. The molecule has 0 heterocycles. The molecule has 0 bridgehead atoms. The fourth-order valence-electron chi connectivity index (χ4n) is 2.69. The van der Waals surface area contributed by atoms with E-state index in [0.29, 0.717) is 18.4 Å². The Morgan fingerprint density at radius 1 is 1.47 bits per heavy atom. The van der Waals surface area contributed by atoms with E-state index >= 15 is 0 Å². The van der Waals surface area contributed by atoms with Gasteiger partial charge in [-0.2, -0.15) is 0 Å². The number of benzene rings is 1. The Kier molecular flexibility index (Phi) is 3.06. The summed E-state index contributed by atoms with van der Waals surface area (Å²) in [5.41, 5.74) is 7.72. The molecule has 0 spiro atoms. The van der Waals surface area contributed by atoms with Crippen molar-refractivity contribution in [2.45, 2.75) is 32.1 Å². The van der Waals surface area contributed by atoms with E-state index in [-0.39, 0.29) is 5.82 Å². The normalized spacial score (nSPS) is 25.0. The van der Waals surface area contributed by atoms with Gasteiger partial charge in [-0.05, 0) is 54.8 Å². The molecule has 2 rings (SSSR count). The first kappa shape index (κ1) is 10.6. The molecule has 1 aliphatic carbocycles. The van der Waals surface area contributed by atoms with Crippen molar-refractivity contribution < 1.29 is 4.39 Å². The Morgan fingerprint density at radius 3 is 3.00 bits per heavy atom. The maximum Gasteiger partial charge on any atom is 0.126 e. The number of hydrogen-bond donors (Lipinski definition) is 1. The number of rotatable bonds is 2. The minimum Gasteiger partial charge on any atom is -0.330 e. The van der Waals surface area contributed by atoms with Gasteiger partial charge in [0.15, 0.2) is 0 Å². The van der Waals surface area contributed by atoms with E-state index in [4.69, 9.17) is 5.73 Å². The molecule has 0 saturated carbocycles. The monoisotopic (exact) mass is 207 g/mol. The second-order valence-electron chi connectivity index (χ2n) is 4.63. The summed E-state index contributed by atoms with van der Waals surface area (Å²) in [7, 11) is 0. The van der Waals surface area contributed by atoms with Gasteiger partial charge in [0, 0.05) is 0 Å². The van der Waals surface area contributed by atoms with E-state index in [9.17, 15) is 4.39 Å². The Balaban J connectivity index is 2.37. The third-order valence-electron chi connectivity index (χ3n) is 3.35. The van der Waals surface area contributed by atoms with Crippen LogP contribution in [0.2, 0.25) is 0 Å². The molecule has 15 heavy (non-hydrogen) atoms. The summed E-state index contributed by atoms with van der Waals surface area (Å²) in [5.74, 6) is 0.997. The molecule has 0 aliphatic heterocycles. The molecule has 0 radical (unpaired) electrons. The molecule has 82 valence electrons. The lowest BCUT2D eigenvalue weighted by Gasteiger charge is -2.29. The second-order valence-corrected chi connectivity index (χ2v) is 4.63. The van der Waals surface area contributed by atoms with E-state index in [0.717, 1.165) is 24.8 Å². The van der Waals surface area contributed by atoms with Crippen LogP contribution in [0.15, 0.2) is 18.2 Å². The molecule has 0 saturated heterocycles. The Morgan fingerprint density at radius 2 is 2.27 bits per heavy atom. The van der Waals surface area contributed by atoms with Gasteiger partial charge in [0.25, 0.3) is 0 Å². The first-order valence-corrected chi connectivity index (χ1v) is 5.69. The van der Waals surface area contributed by atoms with Gasteiger partial charge in [0.2, 0.25) is 0 Å². The minimum absolute atomic E-state index is 0.0407. The lowest BCUT2D eigenvalue weighted by molar-refractivity contribution is 0.407. The molecule has 1 aromatic rings. The van der Waals surface area contributed by atoms with Crippen LogP contribution in [0.25, 0.3) is 0 Å². The van der Waals surface area contributed by atoms with Crippen molar-refractivity contribution in [3.8, 4) is 0 Å². The average Bonchev–Trinajstić information content (AvgIpc) is 2.20. The molecule has 2 atom stereocenters. The summed E-state index contributed by atoms with van der Waals surface area (Å²) in [4.78, 5) is 0. The fourth-order valence-corrected chi connectivity index (χ4v) is 2.69. The van der Waals surface area contributed by atoms with Crippen LogP contribution in [0, 0.1) is 11.7 Å². The predicted molar refractivity (Wildman–Crippen MR) is 60.3 cm³/mol. The number of hydrogen-bond acceptors (Lipinski definition) is 1. The van der Waals surface area contributed by atoms with Crippen molar-refractivity contribution in [2.24, 2.45) is 11.7 Å².